The van der Waals surface area contributed by atoms with Gasteiger partial charge in [-0.2, -0.15) is 0 Å². The molecule has 4 rings (SSSR count). The second-order valence-corrected chi connectivity index (χ2v) is 10.8. The smallest absolute Gasteiger partial charge is 0.250 e. The molecule has 0 bridgehead atoms. The van der Waals surface area contributed by atoms with Crippen LogP contribution in [0, 0.1) is 0 Å². The summed E-state index contributed by atoms with van der Waals surface area (Å²) in [5.41, 5.74) is 2.65. The van der Waals surface area contributed by atoms with Crippen LogP contribution in [0.25, 0.3) is 0 Å². The summed E-state index contributed by atoms with van der Waals surface area (Å²) in [7, 11) is 1.66. The Kier molecular flexibility index (Phi) is 11.1. The lowest BCUT2D eigenvalue weighted by atomic mass is 10.0. The topological polar surface area (TPSA) is 111 Å². The highest BCUT2D eigenvalue weighted by atomic mass is 35.5. The fourth-order valence-corrected chi connectivity index (χ4v) is 4.83. The standard InChI is InChI=1S/C33H36ClN5O4/c1-23(35-2)31(41)37-28(19-24-9-5-3-6-10-24)32(42)36-21-30(40)39-18-17-38(22-26-13-15-27(34)16-14-26)33(43)29(39)20-25-11-7-4-8-12-25/h3-18,23,28-29,35H,19-22H2,1-2H3,(H,36,42)(H,37,41)/t23-,28-,29-/m0/s1. The Balaban J connectivity index is 1.48. The first-order chi connectivity index (χ1) is 20.7. The van der Waals surface area contributed by atoms with Crippen LogP contribution in [0.5, 0.6) is 0 Å². The second-order valence-electron chi connectivity index (χ2n) is 10.4. The molecule has 10 heteroatoms. The number of hydrogen-bond donors (Lipinski definition) is 3. The Morgan fingerprint density at radius 3 is 2.09 bits per heavy atom. The van der Waals surface area contributed by atoms with E-state index < -0.39 is 29.9 Å². The molecule has 0 spiro atoms. The monoisotopic (exact) mass is 601 g/mol. The number of halogens is 1. The van der Waals surface area contributed by atoms with Gasteiger partial charge in [0, 0.05) is 30.3 Å². The normalized spacial score (nSPS) is 16.0. The van der Waals surface area contributed by atoms with E-state index in [1.54, 1.807) is 43.4 Å². The number of carbonyl (C=O) groups excluding carboxylic acids is 4. The van der Waals surface area contributed by atoms with Gasteiger partial charge < -0.3 is 25.8 Å². The average molecular weight is 602 g/mol. The maximum Gasteiger partial charge on any atom is 0.250 e. The summed E-state index contributed by atoms with van der Waals surface area (Å²) in [6, 6.07) is 23.8. The van der Waals surface area contributed by atoms with Crippen LogP contribution in [0.2, 0.25) is 5.02 Å². The molecule has 0 saturated carbocycles. The van der Waals surface area contributed by atoms with Crippen LogP contribution in [0.1, 0.15) is 23.6 Å². The van der Waals surface area contributed by atoms with Gasteiger partial charge in [-0.3, -0.25) is 19.2 Å². The number of benzene rings is 3. The summed E-state index contributed by atoms with van der Waals surface area (Å²) < 4.78 is 0. The van der Waals surface area contributed by atoms with E-state index in [4.69, 9.17) is 11.6 Å². The lowest BCUT2D eigenvalue weighted by Crippen LogP contribution is -2.56. The highest BCUT2D eigenvalue weighted by molar-refractivity contribution is 6.30. The fourth-order valence-electron chi connectivity index (χ4n) is 4.70. The molecule has 0 aliphatic carbocycles. The number of nitrogens with one attached hydrogen (secondary N) is 3. The molecule has 0 fully saturated rings. The number of nitrogens with zero attached hydrogens (tertiary/aromatic N) is 2. The van der Waals surface area contributed by atoms with Crippen LogP contribution in [-0.2, 0) is 38.6 Å². The van der Waals surface area contributed by atoms with Crippen molar-refractivity contribution in [3.63, 3.8) is 0 Å². The summed E-state index contributed by atoms with van der Waals surface area (Å²) in [5, 5.41) is 8.93. The zero-order valence-electron chi connectivity index (χ0n) is 24.2. The van der Waals surface area contributed by atoms with Crippen LogP contribution in [0.3, 0.4) is 0 Å². The van der Waals surface area contributed by atoms with E-state index >= 15 is 0 Å². The predicted octanol–water partition coefficient (Wildman–Crippen LogP) is 3.04. The Labute approximate surface area is 256 Å². The van der Waals surface area contributed by atoms with E-state index in [0.29, 0.717) is 18.0 Å². The molecule has 3 atom stereocenters. The Morgan fingerprint density at radius 1 is 0.837 bits per heavy atom. The van der Waals surface area contributed by atoms with Crippen LogP contribution in [0.15, 0.2) is 97.3 Å². The lowest BCUT2D eigenvalue weighted by Gasteiger charge is -2.36. The van der Waals surface area contributed by atoms with Crippen molar-refractivity contribution in [1.29, 1.82) is 0 Å². The Hall–Kier alpha value is -4.47. The highest BCUT2D eigenvalue weighted by Crippen LogP contribution is 2.21. The first-order valence-electron chi connectivity index (χ1n) is 14.1. The highest BCUT2D eigenvalue weighted by Gasteiger charge is 2.35. The summed E-state index contributed by atoms with van der Waals surface area (Å²) in [6.45, 7) is 1.67. The summed E-state index contributed by atoms with van der Waals surface area (Å²) in [5.74, 6) is -1.52. The summed E-state index contributed by atoms with van der Waals surface area (Å²) in [4.78, 5) is 56.0. The van der Waals surface area contributed by atoms with Crippen LogP contribution in [0.4, 0.5) is 0 Å². The molecule has 43 heavy (non-hydrogen) atoms. The zero-order valence-corrected chi connectivity index (χ0v) is 25.0. The van der Waals surface area contributed by atoms with E-state index in [2.05, 4.69) is 16.0 Å². The zero-order chi connectivity index (χ0) is 30.8. The quantitative estimate of drug-likeness (QED) is 0.296. The van der Waals surface area contributed by atoms with Crippen molar-refractivity contribution in [2.45, 2.75) is 44.4 Å². The second kappa shape index (κ2) is 15.1. The predicted molar refractivity (Wildman–Crippen MR) is 166 cm³/mol. The van der Waals surface area contributed by atoms with Gasteiger partial charge in [0.05, 0.1) is 19.1 Å². The number of amides is 4. The molecular weight excluding hydrogens is 566 g/mol. The molecular formula is C33H36ClN5O4. The van der Waals surface area contributed by atoms with Crippen molar-refractivity contribution in [2.24, 2.45) is 0 Å². The van der Waals surface area contributed by atoms with Gasteiger partial charge in [0.2, 0.25) is 23.6 Å². The van der Waals surface area contributed by atoms with Crippen molar-refractivity contribution >= 4 is 35.2 Å². The fraction of sp³-hybridized carbons (Fsp3) is 0.273. The third-order valence-electron chi connectivity index (χ3n) is 7.29. The van der Waals surface area contributed by atoms with Gasteiger partial charge in [-0.15, -0.1) is 0 Å². The van der Waals surface area contributed by atoms with Gasteiger partial charge in [-0.25, -0.2) is 0 Å². The van der Waals surface area contributed by atoms with Crippen molar-refractivity contribution in [3.05, 3.63) is 119 Å². The third kappa shape index (κ3) is 8.76. The minimum Gasteiger partial charge on any atom is -0.345 e. The number of carbonyl (C=O) groups is 4. The first-order valence-corrected chi connectivity index (χ1v) is 14.5. The van der Waals surface area contributed by atoms with E-state index in [1.165, 1.54) is 4.90 Å². The van der Waals surface area contributed by atoms with Gasteiger partial charge in [0.1, 0.15) is 12.1 Å². The molecule has 0 aromatic heterocycles. The number of likely N-dealkylation sites (N-methyl/N-ethyl adjacent to an activating group) is 1. The van der Waals surface area contributed by atoms with E-state index in [-0.39, 0.29) is 24.8 Å². The Morgan fingerprint density at radius 2 is 1.47 bits per heavy atom. The molecule has 1 aliphatic heterocycles. The van der Waals surface area contributed by atoms with E-state index in [1.807, 2.05) is 72.8 Å². The maximum absolute atomic E-state index is 13.7. The number of hydrogen-bond acceptors (Lipinski definition) is 5. The molecule has 0 radical (unpaired) electrons. The minimum atomic E-state index is -0.896. The molecule has 224 valence electrons. The largest absolute Gasteiger partial charge is 0.345 e. The maximum atomic E-state index is 13.7. The van der Waals surface area contributed by atoms with Crippen molar-refractivity contribution in [1.82, 2.24) is 25.8 Å². The van der Waals surface area contributed by atoms with Crippen LogP contribution < -0.4 is 16.0 Å². The summed E-state index contributed by atoms with van der Waals surface area (Å²) >= 11 is 6.02. The molecule has 9 nitrogen and oxygen atoms in total. The van der Waals surface area contributed by atoms with Crippen molar-refractivity contribution in [3.8, 4) is 0 Å². The van der Waals surface area contributed by atoms with Gasteiger partial charge in [0.15, 0.2) is 0 Å². The molecule has 1 aliphatic rings. The molecule has 3 N–H and O–H groups in total. The van der Waals surface area contributed by atoms with Gasteiger partial charge >= 0.3 is 0 Å². The molecule has 1 heterocycles. The number of rotatable bonds is 12. The van der Waals surface area contributed by atoms with E-state index in [9.17, 15) is 19.2 Å². The SMILES string of the molecule is CN[C@@H](C)C(=O)N[C@@H](Cc1ccccc1)C(=O)NCC(=O)N1C=CN(Cc2ccc(Cl)cc2)C(=O)[C@@H]1Cc1ccccc1. The van der Waals surface area contributed by atoms with Gasteiger partial charge in [0.25, 0.3) is 0 Å². The first kappa shape index (κ1) is 31.5. The average Bonchev–Trinajstić information content (AvgIpc) is 3.03. The molecule has 0 saturated heterocycles. The van der Waals surface area contributed by atoms with Crippen molar-refractivity contribution in [2.75, 3.05) is 13.6 Å². The molecule has 3 aromatic carbocycles. The summed E-state index contributed by atoms with van der Waals surface area (Å²) in [6.07, 6.45) is 3.71. The minimum absolute atomic E-state index is 0.240. The van der Waals surface area contributed by atoms with Crippen LogP contribution in [-0.4, -0.2) is 65.1 Å². The molecule has 3 aromatic rings. The van der Waals surface area contributed by atoms with Gasteiger partial charge in [-0.1, -0.05) is 84.4 Å². The van der Waals surface area contributed by atoms with E-state index in [0.717, 1.165) is 16.7 Å². The molecule has 0 unspecified atom stereocenters. The van der Waals surface area contributed by atoms with Gasteiger partial charge in [-0.05, 0) is 42.8 Å². The molecule has 4 amide bonds. The lowest BCUT2D eigenvalue weighted by molar-refractivity contribution is -0.143. The van der Waals surface area contributed by atoms with Crippen molar-refractivity contribution < 1.29 is 19.2 Å². The Bertz CT molecular complexity index is 1430. The van der Waals surface area contributed by atoms with Crippen LogP contribution >= 0.6 is 11.6 Å². The third-order valence-corrected chi connectivity index (χ3v) is 7.54.